The minimum Gasteiger partial charge on any atom is -0.507 e. The van der Waals surface area contributed by atoms with Gasteiger partial charge in [-0.15, -0.1) is 0 Å². The second-order valence-electron chi connectivity index (χ2n) is 4.89. The standard InChI is InChI=1S/C14H19FN2O2/c15-10-4-5-12(13(18)9-10)14(19)17-8-2-1-3-11(17)6-7-16/h4-5,9,11,18H,1-3,6-8,16H2. The fourth-order valence-corrected chi connectivity index (χ4v) is 2.60. The van der Waals surface area contributed by atoms with E-state index in [2.05, 4.69) is 0 Å². The van der Waals surface area contributed by atoms with Gasteiger partial charge in [-0.3, -0.25) is 4.79 Å². The number of amides is 1. The van der Waals surface area contributed by atoms with Crippen molar-refractivity contribution >= 4 is 5.91 Å². The van der Waals surface area contributed by atoms with Gasteiger partial charge in [0.25, 0.3) is 5.91 Å². The maximum Gasteiger partial charge on any atom is 0.257 e. The Morgan fingerprint density at radius 3 is 2.95 bits per heavy atom. The van der Waals surface area contributed by atoms with Crippen molar-refractivity contribution in [1.29, 1.82) is 0 Å². The van der Waals surface area contributed by atoms with Crippen molar-refractivity contribution in [2.75, 3.05) is 13.1 Å². The predicted octanol–water partition coefficient (Wildman–Crippen LogP) is 1.87. The number of likely N-dealkylation sites (tertiary alicyclic amines) is 1. The molecule has 1 aromatic carbocycles. The van der Waals surface area contributed by atoms with Gasteiger partial charge in [0, 0.05) is 18.7 Å². The first-order chi connectivity index (χ1) is 9.13. The monoisotopic (exact) mass is 266 g/mol. The van der Waals surface area contributed by atoms with Crippen molar-refractivity contribution < 1.29 is 14.3 Å². The number of nitrogens with zero attached hydrogens (tertiary/aromatic N) is 1. The van der Waals surface area contributed by atoms with Crippen LogP contribution in [0.4, 0.5) is 4.39 Å². The Morgan fingerprint density at radius 2 is 2.26 bits per heavy atom. The van der Waals surface area contributed by atoms with Gasteiger partial charge in [0.15, 0.2) is 0 Å². The second kappa shape index (κ2) is 6.02. The summed E-state index contributed by atoms with van der Waals surface area (Å²) < 4.78 is 12.9. The van der Waals surface area contributed by atoms with E-state index < -0.39 is 5.82 Å². The van der Waals surface area contributed by atoms with E-state index in [-0.39, 0.29) is 23.3 Å². The van der Waals surface area contributed by atoms with Crippen molar-refractivity contribution in [2.24, 2.45) is 5.73 Å². The number of nitrogens with two attached hydrogens (primary N) is 1. The molecule has 0 aromatic heterocycles. The molecule has 0 spiro atoms. The molecule has 4 nitrogen and oxygen atoms in total. The number of phenols is 1. The fourth-order valence-electron chi connectivity index (χ4n) is 2.60. The third-order valence-electron chi connectivity index (χ3n) is 3.58. The molecule has 1 fully saturated rings. The van der Waals surface area contributed by atoms with Crippen LogP contribution < -0.4 is 5.73 Å². The molecule has 2 rings (SSSR count). The number of phenolic OH excluding ortho intramolecular Hbond substituents is 1. The van der Waals surface area contributed by atoms with E-state index in [1.807, 2.05) is 0 Å². The lowest BCUT2D eigenvalue weighted by atomic mass is 9.98. The first-order valence-electron chi connectivity index (χ1n) is 6.63. The lowest BCUT2D eigenvalue weighted by Gasteiger charge is -2.35. The number of hydrogen-bond acceptors (Lipinski definition) is 3. The quantitative estimate of drug-likeness (QED) is 0.877. The van der Waals surface area contributed by atoms with Gasteiger partial charge >= 0.3 is 0 Å². The molecule has 1 heterocycles. The van der Waals surface area contributed by atoms with Crippen LogP contribution in [-0.4, -0.2) is 35.0 Å². The summed E-state index contributed by atoms with van der Waals surface area (Å²) in [5.74, 6) is -1.09. The summed E-state index contributed by atoms with van der Waals surface area (Å²) in [5.41, 5.74) is 5.73. The van der Waals surface area contributed by atoms with Crippen molar-refractivity contribution in [3.8, 4) is 5.75 Å². The van der Waals surface area contributed by atoms with Gasteiger partial charge in [-0.05, 0) is 44.4 Å². The van der Waals surface area contributed by atoms with Crippen LogP contribution in [0.2, 0.25) is 0 Å². The normalized spacial score (nSPS) is 19.5. The van der Waals surface area contributed by atoms with E-state index in [4.69, 9.17) is 5.73 Å². The number of hydrogen-bond donors (Lipinski definition) is 2. The minimum atomic E-state index is -0.550. The average molecular weight is 266 g/mol. The molecule has 1 aliphatic rings. The van der Waals surface area contributed by atoms with Gasteiger partial charge < -0.3 is 15.7 Å². The molecule has 1 amide bonds. The molecule has 0 bridgehead atoms. The van der Waals surface area contributed by atoms with Gasteiger partial charge in [0.05, 0.1) is 5.56 Å². The zero-order valence-corrected chi connectivity index (χ0v) is 10.8. The number of carbonyl (C=O) groups excluding carboxylic acids is 1. The van der Waals surface area contributed by atoms with Gasteiger partial charge in [0.1, 0.15) is 11.6 Å². The van der Waals surface area contributed by atoms with Crippen LogP contribution in [0, 0.1) is 5.82 Å². The predicted molar refractivity (Wildman–Crippen MR) is 70.4 cm³/mol. The summed E-state index contributed by atoms with van der Waals surface area (Å²) in [6.07, 6.45) is 3.73. The molecule has 0 saturated carbocycles. The van der Waals surface area contributed by atoms with Crippen molar-refractivity contribution in [2.45, 2.75) is 31.7 Å². The Kier molecular flexibility index (Phi) is 4.37. The van der Waals surface area contributed by atoms with E-state index in [0.29, 0.717) is 13.1 Å². The summed E-state index contributed by atoms with van der Waals surface area (Å²) in [6, 6.07) is 3.61. The van der Waals surface area contributed by atoms with Crippen LogP contribution >= 0.6 is 0 Å². The molecule has 5 heteroatoms. The molecule has 1 aliphatic heterocycles. The summed E-state index contributed by atoms with van der Waals surface area (Å²) >= 11 is 0. The van der Waals surface area contributed by atoms with Gasteiger partial charge in [0.2, 0.25) is 0 Å². The topological polar surface area (TPSA) is 66.6 Å². The van der Waals surface area contributed by atoms with Gasteiger partial charge in [-0.1, -0.05) is 0 Å². The van der Waals surface area contributed by atoms with Crippen LogP contribution in [0.5, 0.6) is 5.75 Å². The number of aromatic hydroxyl groups is 1. The molecule has 0 radical (unpaired) electrons. The molecule has 0 aliphatic carbocycles. The van der Waals surface area contributed by atoms with Crippen LogP contribution in [0.25, 0.3) is 0 Å². The van der Waals surface area contributed by atoms with E-state index >= 15 is 0 Å². The molecule has 3 N–H and O–H groups in total. The number of benzene rings is 1. The van der Waals surface area contributed by atoms with Crippen molar-refractivity contribution in [1.82, 2.24) is 4.90 Å². The maximum atomic E-state index is 12.9. The van der Waals surface area contributed by atoms with Gasteiger partial charge in [-0.25, -0.2) is 4.39 Å². The molecule has 1 aromatic rings. The van der Waals surface area contributed by atoms with E-state index in [1.54, 1.807) is 4.90 Å². The Balaban J connectivity index is 2.21. The number of piperidine rings is 1. The molecule has 19 heavy (non-hydrogen) atoms. The summed E-state index contributed by atoms with van der Waals surface area (Å²) in [4.78, 5) is 14.2. The van der Waals surface area contributed by atoms with Crippen molar-refractivity contribution in [3.63, 3.8) is 0 Å². The second-order valence-corrected chi connectivity index (χ2v) is 4.89. The zero-order valence-electron chi connectivity index (χ0n) is 10.8. The highest BCUT2D eigenvalue weighted by atomic mass is 19.1. The Morgan fingerprint density at radius 1 is 1.47 bits per heavy atom. The number of halogens is 1. The first kappa shape index (κ1) is 13.8. The number of carbonyl (C=O) groups is 1. The Hall–Kier alpha value is -1.62. The Bertz CT molecular complexity index is 463. The lowest BCUT2D eigenvalue weighted by molar-refractivity contribution is 0.0602. The number of rotatable bonds is 3. The summed E-state index contributed by atoms with van der Waals surface area (Å²) in [7, 11) is 0. The minimum absolute atomic E-state index is 0.121. The molecular weight excluding hydrogens is 247 g/mol. The van der Waals surface area contributed by atoms with E-state index in [1.165, 1.54) is 12.1 Å². The van der Waals surface area contributed by atoms with Crippen LogP contribution in [0.3, 0.4) is 0 Å². The maximum absolute atomic E-state index is 12.9. The van der Waals surface area contributed by atoms with Crippen LogP contribution in [0.1, 0.15) is 36.0 Å². The SMILES string of the molecule is NCCC1CCCCN1C(=O)c1ccc(F)cc1O. The highest BCUT2D eigenvalue weighted by molar-refractivity contribution is 5.97. The zero-order chi connectivity index (χ0) is 13.8. The highest BCUT2D eigenvalue weighted by Gasteiger charge is 2.28. The van der Waals surface area contributed by atoms with Crippen LogP contribution in [0.15, 0.2) is 18.2 Å². The first-order valence-corrected chi connectivity index (χ1v) is 6.63. The molecule has 1 saturated heterocycles. The fraction of sp³-hybridized carbons (Fsp3) is 0.500. The third kappa shape index (κ3) is 3.04. The van der Waals surface area contributed by atoms with E-state index in [9.17, 15) is 14.3 Å². The lowest BCUT2D eigenvalue weighted by Crippen LogP contribution is -2.44. The molecular formula is C14H19FN2O2. The third-order valence-corrected chi connectivity index (χ3v) is 3.58. The smallest absolute Gasteiger partial charge is 0.257 e. The summed E-state index contributed by atoms with van der Waals surface area (Å²) in [5, 5.41) is 9.70. The van der Waals surface area contributed by atoms with Gasteiger partial charge in [-0.2, -0.15) is 0 Å². The van der Waals surface area contributed by atoms with Crippen LogP contribution in [-0.2, 0) is 0 Å². The van der Waals surface area contributed by atoms with E-state index in [0.717, 1.165) is 31.7 Å². The average Bonchev–Trinajstić information content (AvgIpc) is 2.39. The summed E-state index contributed by atoms with van der Waals surface area (Å²) in [6.45, 7) is 1.20. The Labute approximate surface area is 112 Å². The molecule has 1 unspecified atom stereocenters. The highest BCUT2D eigenvalue weighted by Crippen LogP contribution is 2.25. The largest absolute Gasteiger partial charge is 0.507 e. The molecule has 1 atom stereocenters. The van der Waals surface area contributed by atoms with Crippen molar-refractivity contribution in [3.05, 3.63) is 29.6 Å². The molecule has 104 valence electrons.